The van der Waals surface area contributed by atoms with Crippen LogP contribution in [0.3, 0.4) is 0 Å². The Bertz CT molecular complexity index is 1050. The molecule has 0 bridgehead atoms. The van der Waals surface area contributed by atoms with Gasteiger partial charge in [-0.05, 0) is 36.6 Å². The van der Waals surface area contributed by atoms with E-state index in [1.807, 2.05) is 0 Å². The smallest absolute Gasteiger partial charge is 0.367 e. The van der Waals surface area contributed by atoms with E-state index in [2.05, 4.69) is 20.2 Å². The SMILES string of the molecule is FC(F)c1nc(NC2CCN(Cc3cccc(C(F)(F)F)c3)CC2)c2ccccc2n1. The van der Waals surface area contributed by atoms with Crippen LogP contribution in [-0.4, -0.2) is 34.0 Å². The summed E-state index contributed by atoms with van der Waals surface area (Å²) in [5.74, 6) is -0.125. The topological polar surface area (TPSA) is 41.1 Å². The highest BCUT2D eigenvalue weighted by Crippen LogP contribution is 2.30. The molecule has 1 aliphatic rings. The van der Waals surface area contributed by atoms with Crippen molar-refractivity contribution in [2.24, 2.45) is 0 Å². The second kappa shape index (κ2) is 8.74. The van der Waals surface area contributed by atoms with Gasteiger partial charge in [0.2, 0.25) is 0 Å². The normalized spacial score (nSPS) is 16.2. The standard InChI is InChI=1S/C22H21F5N4/c23-19(24)21-29-18-7-2-1-6-17(18)20(30-21)28-16-8-10-31(11-9-16)13-14-4-3-5-15(12-14)22(25,26)27/h1-7,12,16,19H,8-11,13H2,(H,28,29,30). The second-order valence-electron chi connectivity index (χ2n) is 7.64. The van der Waals surface area contributed by atoms with Crippen molar-refractivity contribution >= 4 is 16.7 Å². The van der Waals surface area contributed by atoms with Crippen LogP contribution in [0, 0.1) is 0 Å². The van der Waals surface area contributed by atoms with Gasteiger partial charge in [-0.25, -0.2) is 18.7 Å². The molecule has 1 fully saturated rings. The highest BCUT2D eigenvalue weighted by atomic mass is 19.4. The molecule has 31 heavy (non-hydrogen) atoms. The molecular weight excluding hydrogens is 415 g/mol. The Morgan fingerprint density at radius 2 is 1.74 bits per heavy atom. The van der Waals surface area contributed by atoms with Gasteiger partial charge in [-0.2, -0.15) is 13.2 Å². The summed E-state index contributed by atoms with van der Waals surface area (Å²) in [5, 5.41) is 3.95. The second-order valence-corrected chi connectivity index (χ2v) is 7.64. The van der Waals surface area contributed by atoms with Crippen molar-refractivity contribution in [2.75, 3.05) is 18.4 Å². The van der Waals surface area contributed by atoms with Crippen molar-refractivity contribution in [1.29, 1.82) is 0 Å². The fraction of sp³-hybridized carbons (Fsp3) is 0.364. The molecule has 1 saturated heterocycles. The third-order valence-electron chi connectivity index (χ3n) is 5.40. The van der Waals surface area contributed by atoms with Gasteiger partial charge in [0.05, 0.1) is 11.1 Å². The van der Waals surface area contributed by atoms with Gasteiger partial charge in [0.15, 0.2) is 5.82 Å². The van der Waals surface area contributed by atoms with E-state index >= 15 is 0 Å². The van der Waals surface area contributed by atoms with Gasteiger partial charge in [0.1, 0.15) is 5.82 Å². The number of alkyl halides is 5. The number of hydrogen-bond acceptors (Lipinski definition) is 4. The Labute approximate surface area is 176 Å². The molecule has 9 heteroatoms. The molecule has 4 rings (SSSR count). The molecule has 2 aromatic carbocycles. The van der Waals surface area contributed by atoms with Gasteiger partial charge in [0.25, 0.3) is 6.43 Å². The number of halogens is 5. The number of nitrogens with one attached hydrogen (secondary N) is 1. The summed E-state index contributed by atoms with van der Waals surface area (Å²) in [4.78, 5) is 10.0. The third kappa shape index (κ3) is 5.10. The van der Waals surface area contributed by atoms with Gasteiger partial charge >= 0.3 is 6.18 Å². The van der Waals surface area contributed by atoms with Crippen LogP contribution in [0.5, 0.6) is 0 Å². The Hall–Kier alpha value is -2.81. The van der Waals surface area contributed by atoms with Crippen molar-refractivity contribution in [3.8, 4) is 0 Å². The highest BCUT2D eigenvalue weighted by Gasteiger charge is 2.30. The predicted octanol–water partition coefficient (Wildman–Crippen LogP) is 5.66. The molecule has 0 aliphatic carbocycles. The Balaban J connectivity index is 1.41. The van der Waals surface area contributed by atoms with Crippen LogP contribution in [-0.2, 0) is 12.7 Å². The monoisotopic (exact) mass is 436 g/mol. The van der Waals surface area contributed by atoms with E-state index in [-0.39, 0.29) is 6.04 Å². The molecule has 2 heterocycles. The maximum atomic E-state index is 13.2. The van der Waals surface area contributed by atoms with Crippen LogP contribution in [0.4, 0.5) is 27.8 Å². The maximum absolute atomic E-state index is 13.2. The van der Waals surface area contributed by atoms with E-state index in [4.69, 9.17) is 0 Å². The van der Waals surface area contributed by atoms with Crippen LogP contribution in [0.15, 0.2) is 48.5 Å². The zero-order valence-electron chi connectivity index (χ0n) is 16.5. The third-order valence-corrected chi connectivity index (χ3v) is 5.40. The van der Waals surface area contributed by atoms with E-state index in [1.165, 1.54) is 12.1 Å². The fourth-order valence-corrected chi connectivity index (χ4v) is 3.84. The number of nitrogens with zero attached hydrogens (tertiary/aromatic N) is 3. The number of piperidine rings is 1. The molecule has 3 aromatic rings. The van der Waals surface area contributed by atoms with Crippen molar-refractivity contribution in [1.82, 2.24) is 14.9 Å². The number of benzene rings is 2. The lowest BCUT2D eigenvalue weighted by atomic mass is 10.0. The number of anilines is 1. The van der Waals surface area contributed by atoms with E-state index in [1.54, 1.807) is 30.3 Å². The maximum Gasteiger partial charge on any atom is 0.416 e. The van der Waals surface area contributed by atoms with Crippen LogP contribution < -0.4 is 5.32 Å². The van der Waals surface area contributed by atoms with Gasteiger partial charge < -0.3 is 5.32 Å². The van der Waals surface area contributed by atoms with E-state index < -0.39 is 24.0 Å². The molecule has 1 N–H and O–H groups in total. The molecule has 1 aromatic heterocycles. The first kappa shape index (κ1) is 21.4. The lowest BCUT2D eigenvalue weighted by Gasteiger charge is -2.33. The summed E-state index contributed by atoms with van der Waals surface area (Å²) in [5.41, 5.74) is 0.425. The number of hydrogen-bond donors (Lipinski definition) is 1. The van der Waals surface area contributed by atoms with Crippen molar-refractivity contribution in [2.45, 2.75) is 38.0 Å². The fourth-order valence-electron chi connectivity index (χ4n) is 3.84. The highest BCUT2D eigenvalue weighted by molar-refractivity contribution is 5.89. The molecule has 0 unspecified atom stereocenters. The van der Waals surface area contributed by atoms with Gasteiger partial charge in [-0.1, -0.05) is 30.3 Å². The minimum atomic E-state index is -4.36. The largest absolute Gasteiger partial charge is 0.416 e. The van der Waals surface area contributed by atoms with Crippen LogP contribution >= 0.6 is 0 Å². The molecule has 0 amide bonds. The Kier molecular flexibility index (Phi) is 6.04. The molecule has 0 spiro atoms. The Morgan fingerprint density at radius 3 is 2.45 bits per heavy atom. The van der Waals surface area contributed by atoms with Gasteiger partial charge in [-0.15, -0.1) is 0 Å². The molecule has 1 aliphatic heterocycles. The molecule has 0 atom stereocenters. The minimum absolute atomic E-state index is 0.0292. The average Bonchev–Trinajstić information content (AvgIpc) is 2.74. The number of likely N-dealkylation sites (tertiary alicyclic amines) is 1. The zero-order chi connectivity index (χ0) is 22.0. The molecular formula is C22H21F5N4. The van der Waals surface area contributed by atoms with Crippen LogP contribution in [0.2, 0.25) is 0 Å². The number of aromatic nitrogens is 2. The van der Waals surface area contributed by atoms with Crippen molar-refractivity contribution in [3.63, 3.8) is 0 Å². The first-order chi connectivity index (χ1) is 14.8. The zero-order valence-corrected chi connectivity index (χ0v) is 16.5. The summed E-state index contributed by atoms with van der Waals surface area (Å²) in [7, 11) is 0. The van der Waals surface area contributed by atoms with Gasteiger partial charge in [0, 0.05) is 31.1 Å². The Morgan fingerprint density at radius 1 is 1.00 bits per heavy atom. The summed E-state index contributed by atoms with van der Waals surface area (Å²) < 4.78 is 65.1. The lowest BCUT2D eigenvalue weighted by Crippen LogP contribution is -2.38. The number of fused-ring (bicyclic) bond motifs is 1. The van der Waals surface area contributed by atoms with E-state index in [0.29, 0.717) is 41.9 Å². The van der Waals surface area contributed by atoms with E-state index in [9.17, 15) is 22.0 Å². The number of rotatable bonds is 5. The summed E-state index contributed by atoms with van der Waals surface area (Å²) >= 11 is 0. The minimum Gasteiger partial charge on any atom is -0.367 e. The van der Waals surface area contributed by atoms with Crippen molar-refractivity contribution < 1.29 is 22.0 Å². The van der Waals surface area contributed by atoms with Gasteiger partial charge in [-0.3, -0.25) is 4.90 Å². The molecule has 0 radical (unpaired) electrons. The quantitative estimate of drug-likeness (QED) is 0.524. The van der Waals surface area contributed by atoms with E-state index in [0.717, 1.165) is 18.9 Å². The first-order valence-electron chi connectivity index (χ1n) is 9.99. The number of para-hydroxylation sites is 1. The van der Waals surface area contributed by atoms with Crippen molar-refractivity contribution in [3.05, 3.63) is 65.5 Å². The first-order valence-corrected chi connectivity index (χ1v) is 9.99. The molecule has 4 nitrogen and oxygen atoms in total. The molecule has 164 valence electrons. The predicted molar refractivity (Wildman–Crippen MR) is 108 cm³/mol. The summed E-state index contributed by atoms with van der Waals surface area (Å²) in [6.07, 6.45) is -5.67. The summed E-state index contributed by atoms with van der Waals surface area (Å²) in [6.45, 7) is 1.79. The van der Waals surface area contributed by atoms with Crippen LogP contribution in [0.25, 0.3) is 10.9 Å². The van der Waals surface area contributed by atoms with Crippen LogP contribution in [0.1, 0.15) is 36.2 Å². The average molecular weight is 436 g/mol. The summed E-state index contributed by atoms with van der Waals surface area (Å²) in [6, 6.07) is 12.4. The molecule has 0 saturated carbocycles. The lowest BCUT2D eigenvalue weighted by molar-refractivity contribution is -0.137.